The molecule has 0 N–H and O–H groups in total. The number of halogens is 1. The first-order valence-corrected chi connectivity index (χ1v) is 10.9. The lowest BCUT2D eigenvalue weighted by molar-refractivity contribution is -0.117. The van der Waals surface area contributed by atoms with Gasteiger partial charge in [0.05, 0.1) is 16.2 Å². The highest BCUT2D eigenvalue weighted by Crippen LogP contribution is 2.26. The van der Waals surface area contributed by atoms with Crippen molar-refractivity contribution in [2.24, 2.45) is 0 Å². The Hall–Kier alpha value is -2.12. The fourth-order valence-electron chi connectivity index (χ4n) is 3.04. The zero-order valence-electron chi connectivity index (χ0n) is 16.1. The molecular weight excluding hydrogens is 438 g/mol. The third-order valence-corrected chi connectivity index (χ3v) is 6.05. The van der Waals surface area contributed by atoms with E-state index in [0.29, 0.717) is 29.1 Å². The smallest absolute Gasteiger partial charge is 0.262 e. The summed E-state index contributed by atoms with van der Waals surface area (Å²) >= 11 is 4.73. The number of para-hydroxylation sites is 1. The standard InChI is InChI=1S/C21H22BrN3O2S/c1-4-24(16-9-7-6-8-10-16)19(26)14(3)28-21-23-18-12-11-15(22)13-17(18)20(27)25(21)5-2/h6-14H,4-5H2,1-3H3. The van der Waals surface area contributed by atoms with Crippen LogP contribution in [0.15, 0.2) is 63.0 Å². The molecule has 0 saturated carbocycles. The number of amides is 1. The van der Waals surface area contributed by atoms with E-state index in [1.165, 1.54) is 11.8 Å². The van der Waals surface area contributed by atoms with Gasteiger partial charge in [0.25, 0.3) is 5.56 Å². The van der Waals surface area contributed by atoms with Gasteiger partial charge in [0, 0.05) is 23.2 Å². The van der Waals surface area contributed by atoms with Gasteiger partial charge in [0.1, 0.15) is 0 Å². The Balaban J connectivity index is 1.94. The topological polar surface area (TPSA) is 55.2 Å². The average molecular weight is 460 g/mol. The summed E-state index contributed by atoms with van der Waals surface area (Å²) < 4.78 is 2.47. The Labute approximate surface area is 176 Å². The van der Waals surface area contributed by atoms with Gasteiger partial charge >= 0.3 is 0 Å². The van der Waals surface area contributed by atoms with Crippen LogP contribution >= 0.6 is 27.7 Å². The lowest BCUT2D eigenvalue weighted by atomic mass is 10.2. The summed E-state index contributed by atoms with van der Waals surface area (Å²) in [5.41, 5.74) is 1.41. The van der Waals surface area contributed by atoms with Crippen molar-refractivity contribution < 1.29 is 4.79 Å². The van der Waals surface area contributed by atoms with Crippen molar-refractivity contribution in [2.75, 3.05) is 11.4 Å². The van der Waals surface area contributed by atoms with Crippen molar-refractivity contribution in [3.63, 3.8) is 0 Å². The maximum atomic E-state index is 13.1. The van der Waals surface area contributed by atoms with E-state index >= 15 is 0 Å². The van der Waals surface area contributed by atoms with Crippen molar-refractivity contribution in [3.8, 4) is 0 Å². The molecule has 3 rings (SSSR count). The van der Waals surface area contributed by atoms with E-state index in [1.807, 2.05) is 63.2 Å². The summed E-state index contributed by atoms with van der Waals surface area (Å²) in [5.74, 6) is -0.00787. The molecule has 1 heterocycles. The number of aromatic nitrogens is 2. The molecule has 2 aromatic carbocycles. The number of carbonyl (C=O) groups is 1. The largest absolute Gasteiger partial charge is 0.312 e. The number of anilines is 1. The van der Waals surface area contributed by atoms with E-state index in [2.05, 4.69) is 20.9 Å². The Bertz CT molecular complexity index is 1050. The second kappa shape index (κ2) is 8.92. The van der Waals surface area contributed by atoms with Crippen molar-refractivity contribution in [1.29, 1.82) is 0 Å². The lowest BCUT2D eigenvalue weighted by Gasteiger charge is -2.24. The van der Waals surface area contributed by atoms with Gasteiger partial charge < -0.3 is 4.90 Å². The second-order valence-electron chi connectivity index (χ2n) is 6.28. The van der Waals surface area contributed by atoms with Gasteiger partial charge in [-0.25, -0.2) is 4.98 Å². The number of nitrogens with zero attached hydrogens (tertiary/aromatic N) is 3. The van der Waals surface area contributed by atoms with E-state index in [-0.39, 0.29) is 16.7 Å². The first kappa shape index (κ1) is 20.6. The average Bonchev–Trinajstić information content (AvgIpc) is 2.70. The van der Waals surface area contributed by atoms with Crippen molar-refractivity contribution in [3.05, 3.63) is 63.4 Å². The van der Waals surface area contributed by atoms with Crippen LogP contribution in [-0.2, 0) is 11.3 Å². The monoisotopic (exact) mass is 459 g/mol. The van der Waals surface area contributed by atoms with Gasteiger partial charge in [-0.15, -0.1) is 0 Å². The molecule has 1 atom stereocenters. The van der Waals surface area contributed by atoms with Gasteiger partial charge in [0.2, 0.25) is 5.91 Å². The number of thioether (sulfide) groups is 1. The van der Waals surface area contributed by atoms with Crippen molar-refractivity contribution in [1.82, 2.24) is 9.55 Å². The zero-order chi connectivity index (χ0) is 20.3. The molecule has 1 unspecified atom stereocenters. The van der Waals surface area contributed by atoms with Crippen LogP contribution in [0.1, 0.15) is 20.8 Å². The number of carbonyl (C=O) groups excluding carboxylic acids is 1. The van der Waals surface area contributed by atoms with E-state index < -0.39 is 0 Å². The summed E-state index contributed by atoms with van der Waals surface area (Å²) in [7, 11) is 0. The Kier molecular flexibility index (Phi) is 6.57. The first-order valence-electron chi connectivity index (χ1n) is 9.19. The van der Waals surface area contributed by atoms with Crippen LogP contribution in [0.2, 0.25) is 0 Å². The Morgan fingerprint density at radius 1 is 1.21 bits per heavy atom. The SMILES string of the molecule is CCN(C(=O)C(C)Sc1nc2ccc(Br)cc2c(=O)n1CC)c1ccccc1. The molecule has 0 fully saturated rings. The van der Waals surface area contributed by atoms with E-state index in [0.717, 1.165) is 10.2 Å². The highest BCUT2D eigenvalue weighted by Gasteiger charge is 2.24. The van der Waals surface area contributed by atoms with Crippen LogP contribution in [0.3, 0.4) is 0 Å². The molecule has 5 nitrogen and oxygen atoms in total. The molecule has 0 aliphatic rings. The number of hydrogen-bond acceptors (Lipinski definition) is 4. The number of hydrogen-bond donors (Lipinski definition) is 0. The molecule has 7 heteroatoms. The third-order valence-electron chi connectivity index (χ3n) is 4.48. The van der Waals surface area contributed by atoms with Crippen LogP contribution in [0.5, 0.6) is 0 Å². The molecule has 1 amide bonds. The first-order chi connectivity index (χ1) is 13.5. The molecular formula is C21H22BrN3O2S. The summed E-state index contributed by atoms with van der Waals surface area (Å²) in [5, 5.41) is 0.754. The predicted molar refractivity (Wildman–Crippen MR) is 119 cm³/mol. The molecule has 0 aliphatic heterocycles. The minimum absolute atomic E-state index is 0.00787. The molecule has 3 aromatic rings. The van der Waals surface area contributed by atoms with Crippen molar-refractivity contribution in [2.45, 2.75) is 37.7 Å². The number of fused-ring (bicyclic) bond motifs is 1. The normalized spacial score (nSPS) is 12.1. The van der Waals surface area contributed by atoms with Crippen LogP contribution in [0.4, 0.5) is 5.69 Å². The highest BCUT2D eigenvalue weighted by molar-refractivity contribution is 9.10. The third kappa shape index (κ3) is 4.15. The minimum atomic E-state index is -0.377. The van der Waals surface area contributed by atoms with Gasteiger partial charge in [-0.1, -0.05) is 45.9 Å². The quantitative estimate of drug-likeness (QED) is 0.395. The molecule has 146 valence electrons. The second-order valence-corrected chi connectivity index (χ2v) is 8.51. The molecule has 28 heavy (non-hydrogen) atoms. The van der Waals surface area contributed by atoms with E-state index in [4.69, 9.17) is 0 Å². The highest BCUT2D eigenvalue weighted by atomic mass is 79.9. The zero-order valence-corrected chi connectivity index (χ0v) is 18.5. The van der Waals surface area contributed by atoms with E-state index in [9.17, 15) is 9.59 Å². The molecule has 0 aliphatic carbocycles. The summed E-state index contributed by atoms with van der Waals surface area (Å²) in [6.45, 7) is 6.79. The summed E-state index contributed by atoms with van der Waals surface area (Å²) in [6, 6.07) is 15.1. The predicted octanol–water partition coefficient (Wildman–Crippen LogP) is 4.71. The van der Waals surface area contributed by atoms with Gasteiger partial charge in [-0.2, -0.15) is 0 Å². The van der Waals surface area contributed by atoms with Gasteiger partial charge in [0.15, 0.2) is 5.16 Å². The van der Waals surface area contributed by atoms with Crippen LogP contribution < -0.4 is 10.5 Å². The Morgan fingerprint density at radius 3 is 2.57 bits per heavy atom. The maximum absolute atomic E-state index is 13.1. The van der Waals surface area contributed by atoms with Crippen LogP contribution in [0, 0.1) is 0 Å². The summed E-state index contributed by atoms with van der Waals surface area (Å²) in [4.78, 5) is 32.4. The number of rotatable bonds is 6. The molecule has 0 saturated heterocycles. The Morgan fingerprint density at radius 2 is 1.93 bits per heavy atom. The van der Waals surface area contributed by atoms with Gasteiger partial charge in [-0.05, 0) is 51.1 Å². The minimum Gasteiger partial charge on any atom is -0.312 e. The fraction of sp³-hybridized carbons (Fsp3) is 0.286. The fourth-order valence-corrected chi connectivity index (χ4v) is 4.44. The number of benzene rings is 2. The van der Waals surface area contributed by atoms with Crippen LogP contribution in [0.25, 0.3) is 10.9 Å². The molecule has 0 bridgehead atoms. The molecule has 0 spiro atoms. The van der Waals surface area contributed by atoms with E-state index in [1.54, 1.807) is 15.5 Å². The van der Waals surface area contributed by atoms with Crippen LogP contribution in [-0.4, -0.2) is 27.3 Å². The van der Waals surface area contributed by atoms with Crippen molar-refractivity contribution >= 4 is 50.2 Å². The lowest BCUT2D eigenvalue weighted by Crippen LogP contribution is -2.37. The summed E-state index contributed by atoms with van der Waals surface area (Å²) in [6.07, 6.45) is 0. The maximum Gasteiger partial charge on any atom is 0.262 e. The molecule has 0 radical (unpaired) electrons. The molecule has 1 aromatic heterocycles. The van der Waals surface area contributed by atoms with Gasteiger partial charge in [-0.3, -0.25) is 14.2 Å².